The number of H-pyrrole nitrogens is 1. The molecule has 1 saturated heterocycles. The van der Waals surface area contributed by atoms with E-state index >= 15 is 0 Å². The summed E-state index contributed by atoms with van der Waals surface area (Å²) in [7, 11) is -2.25. The number of benzene rings is 2. The van der Waals surface area contributed by atoms with Crippen molar-refractivity contribution < 1.29 is 27.1 Å². The number of fused-ring (bicyclic) bond motifs is 2. The molecule has 9 nitrogen and oxygen atoms in total. The van der Waals surface area contributed by atoms with Gasteiger partial charge in [0, 0.05) is 32.0 Å². The number of carbonyl (C=O) groups excluding carboxylic acids is 1. The normalized spacial score (nSPS) is 18.7. The van der Waals surface area contributed by atoms with Gasteiger partial charge >= 0.3 is 5.76 Å². The molecule has 1 spiro atoms. The summed E-state index contributed by atoms with van der Waals surface area (Å²) < 4.78 is 44.0. The molecule has 5 rings (SSSR count). The summed E-state index contributed by atoms with van der Waals surface area (Å²) in [5.74, 6) is 0.412. The summed E-state index contributed by atoms with van der Waals surface area (Å²) in [6, 6.07) is 9.41. The van der Waals surface area contributed by atoms with Crippen molar-refractivity contribution in [1.82, 2.24) is 9.29 Å². The van der Waals surface area contributed by atoms with Gasteiger partial charge in [-0.3, -0.25) is 9.78 Å². The minimum absolute atomic E-state index is 0.0376. The van der Waals surface area contributed by atoms with Crippen molar-refractivity contribution >= 4 is 26.9 Å². The fourth-order valence-corrected chi connectivity index (χ4v) is 5.71. The number of hydrogen-bond acceptors (Lipinski definition) is 7. The van der Waals surface area contributed by atoms with E-state index in [-0.39, 0.29) is 35.8 Å². The van der Waals surface area contributed by atoms with Crippen LogP contribution < -0.4 is 15.2 Å². The van der Waals surface area contributed by atoms with Crippen molar-refractivity contribution in [1.29, 1.82) is 0 Å². The van der Waals surface area contributed by atoms with Crippen LogP contribution in [-0.2, 0) is 10.0 Å². The maximum atomic E-state index is 13.1. The second kappa shape index (κ2) is 6.96. The molecule has 162 valence electrons. The Morgan fingerprint density at radius 2 is 1.87 bits per heavy atom. The topological polar surface area (TPSA) is 119 Å². The molecule has 0 amide bonds. The zero-order valence-electron chi connectivity index (χ0n) is 16.7. The van der Waals surface area contributed by atoms with Gasteiger partial charge in [0.05, 0.1) is 29.5 Å². The number of aromatic amines is 1. The van der Waals surface area contributed by atoms with Crippen molar-refractivity contribution in [3.63, 3.8) is 0 Å². The SMILES string of the molecule is COc1ccc2c(c1)C(=O)CC1(CCN(S(=O)(=O)c3ccc4[nH]c(=O)oc4c3)CC1)O2. The molecule has 3 heterocycles. The third-order valence-corrected chi connectivity index (χ3v) is 7.85. The van der Waals surface area contributed by atoms with Crippen LogP contribution in [0.25, 0.3) is 11.1 Å². The summed E-state index contributed by atoms with van der Waals surface area (Å²) in [4.78, 5) is 26.6. The number of carbonyl (C=O) groups is 1. The van der Waals surface area contributed by atoms with Gasteiger partial charge < -0.3 is 13.9 Å². The van der Waals surface area contributed by atoms with Gasteiger partial charge in [-0.2, -0.15) is 4.31 Å². The summed E-state index contributed by atoms with van der Waals surface area (Å²) in [5, 5.41) is 0. The number of sulfonamides is 1. The number of piperidine rings is 1. The Kier molecular flexibility index (Phi) is 4.45. The van der Waals surface area contributed by atoms with Gasteiger partial charge in [0.2, 0.25) is 10.0 Å². The Bertz CT molecular complexity index is 1350. The number of hydrogen-bond donors (Lipinski definition) is 1. The van der Waals surface area contributed by atoms with E-state index in [9.17, 15) is 18.0 Å². The van der Waals surface area contributed by atoms with E-state index in [2.05, 4.69) is 4.98 Å². The van der Waals surface area contributed by atoms with E-state index in [4.69, 9.17) is 13.9 Å². The van der Waals surface area contributed by atoms with Crippen LogP contribution in [0, 0.1) is 0 Å². The van der Waals surface area contributed by atoms with Crippen molar-refractivity contribution in [2.75, 3.05) is 20.2 Å². The van der Waals surface area contributed by atoms with Gasteiger partial charge in [0.25, 0.3) is 0 Å². The fourth-order valence-electron chi connectivity index (χ4n) is 4.25. The van der Waals surface area contributed by atoms with Crippen LogP contribution in [0.1, 0.15) is 29.6 Å². The van der Waals surface area contributed by atoms with Crippen molar-refractivity contribution in [3.05, 3.63) is 52.5 Å². The highest BCUT2D eigenvalue weighted by Gasteiger charge is 2.45. The predicted octanol–water partition coefficient (Wildman–Crippen LogP) is 2.32. The minimum Gasteiger partial charge on any atom is -0.497 e. The average Bonchev–Trinajstić information content (AvgIpc) is 3.13. The van der Waals surface area contributed by atoms with E-state index in [1.807, 2.05) is 0 Å². The van der Waals surface area contributed by atoms with Crippen LogP contribution in [0.5, 0.6) is 11.5 Å². The zero-order valence-corrected chi connectivity index (χ0v) is 17.5. The first-order valence-electron chi connectivity index (χ1n) is 9.83. The Morgan fingerprint density at radius 3 is 2.61 bits per heavy atom. The van der Waals surface area contributed by atoms with Crippen molar-refractivity contribution in [3.8, 4) is 11.5 Å². The van der Waals surface area contributed by atoms with Gasteiger partial charge in [0.15, 0.2) is 11.4 Å². The molecular weight excluding hydrogens is 424 g/mol. The Labute approximate surface area is 177 Å². The number of ketones is 1. The second-order valence-corrected chi connectivity index (χ2v) is 9.76. The smallest absolute Gasteiger partial charge is 0.417 e. The molecule has 3 aromatic rings. The van der Waals surface area contributed by atoms with E-state index in [0.29, 0.717) is 35.4 Å². The third kappa shape index (κ3) is 3.31. The molecule has 0 bridgehead atoms. The van der Waals surface area contributed by atoms with Crippen LogP contribution in [0.15, 0.2) is 50.5 Å². The molecule has 0 atom stereocenters. The standard InChI is InChI=1S/C21H20N2O7S/c1-28-13-2-5-18-15(10-13)17(24)12-21(30-18)6-8-23(9-7-21)31(26,27)14-3-4-16-19(11-14)29-20(25)22-16/h2-5,10-11H,6-9,12H2,1H3,(H,22,25). The Morgan fingerprint density at radius 1 is 1.10 bits per heavy atom. The maximum absolute atomic E-state index is 13.1. The molecular formula is C21H20N2O7S. The zero-order chi connectivity index (χ0) is 21.8. The van der Waals surface area contributed by atoms with E-state index in [1.165, 1.54) is 29.6 Å². The summed E-state index contributed by atoms with van der Waals surface area (Å²) in [6.45, 7) is 0.437. The maximum Gasteiger partial charge on any atom is 0.417 e. The Balaban J connectivity index is 1.36. The van der Waals surface area contributed by atoms with E-state index in [1.54, 1.807) is 18.2 Å². The summed E-state index contributed by atoms with van der Waals surface area (Å²) >= 11 is 0. The van der Waals surface area contributed by atoms with Gasteiger partial charge in [0.1, 0.15) is 17.1 Å². The first-order valence-corrected chi connectivity index (χ1v) is 11.3. The van der Waals surface area contributed by atoms with Crippen molar-refractivity contribution in [2.24, 2.45) is 0 Å². The highest BCUT2D eigenvalue weighted by Crippen LogP contribution is 2.41. The van der Waals surface area contributed by atoms with Gasteiger partial charge in [-0.15, -0.1) is 0 Å². The molecule has 2 aromatic carbocycles. The lowest BCUT2D eigenvalue weighted by Gasteiger charge is -2.43. The van der Waals surface area contributed by atoms with Crippen LogP contribution in [0.2, 0.25) is 0 Å². The quantitative estimate of drug-likeness (QED) is 0.658. The molecule has 2 aliphatic heterocycles. The van der Waals surface area contributed by atoms with Gasteiger partial charge in [-0.25, -0.2) is 13.2 Å². The lowest BCUT2D eigenvalue weighted by atomic mass is 9.83. The van der Waals surface area contributed by atoms with E-state index < -0.39 is 21.4 Å². The highest BCUT2D eigenvalue weighted by molar-refractivity contribution is 7.89. The molecule has 0 aliphatic carbocycles. The number of oxazole rings is 1. The molecule has 10 heteroatoms. The molecule has 1 aromatic heterocycles. The van der Waals surface area contributed by atoms with Crippen molar-refractivity contribution in [2.45, 2.75) is 29.8 Å². The fraction of sp³-hybridized carbons (Fsp3) is 0.333. The minimum atomic E-state index is -3.78. The number of nitrogens with one attached hydrogen (secondary N) is 1. The molecule has 1 N–H and O–H groups in total. The molecule has 31 heavy (non-hydrogen) atoms. The average molecular weight is 444 g/mol. The summed E-state index contributed by atoms with van der Waals surface area (Å²) in [5.41, 5.74) is 0.391. The number of rotatable bonds is 3. The second-order valence-electron chi connectivity index (χ2n) is 7.82. The molecule has 1 fully saturated rings. The van der Waals surface area contributed by atoms with Gasteiger partial charge in [-0.05, 0) is 30.3 Å². The van der Waals surface area contributed by atoms with Crippen LogP contribution >= 0.6 is 0 Å². The first kappa shape index (κ1) is 19.8. The number of ether oxygens (including phenoxy) is 2. The van der Waals surface area contributed by atoms with Crippen LogP contribution in [-0.4, -0.2) is 49.3 Å². The monoisotopic (exact) mass is 444 g/mol. The van der Waals surface area contributed by atoms with Crippen LogP contribution in [0.4, 0.5) is 0 Å². The molecule has 0 radical (unpaired) electrons. The predicted molar refractivity (Wildman–Crippen MR) is 110 cm³/mol. The third-order valence-electron chi connectivity index (χ3n) is 5.96. The molecule has 0 unspecified atom stereocenters. The Hall–Kier alpha value is -3.11. The van der Waals surface area contributed by atoms with Crippen LogP contribution in [0.3, 0.4) is 0 Å². The number of aromatic nitrogens is 1. The highest BCUT2D eigenvalue weighted by atomic mass is 32.2. The number of nitrogens with zero attached hydrogens (tertiary/aromatic N) is 1. The largest absolute Gasteiger partial charge is 0.497 e. The van der Waals surface area contributed by atoms with E-state index in [0.717, 1.165) is 0 Å². The first-order chi connectivity index (χ1) is 14.8. The van der Waals surface area contributed by atoms with Gasteiger partial charge in [-0.1, -0.05) is 0 Å². The lowest BCUT2D eigenvalue weighted by molar-refractivity contribution is 0.00583. The molecule has 2 aliphatic rings. The summed E-state index contributed by atoms with van der Waals surface area (Å²) in [6.07, 6.45) is 0.983. The molecule has 0 saturated carbocycles. The lowest BCUT2D eigenvalue weighted by Crippen LogP contribution is -2.52. The number of methoxy groups -OCH3 is 1. The number of Topliss-reactive ketones (excluding diaryl/α,β-unsaturated/α-hetero) is 1.